The van der Waals surface area contributed by atoms with Crippen molar-refractivity contribution in [1.82, 2.24) is 30.7 Å². The number of aliphatic hydroxyl groups is 1. The second kappa shape index (κ2) is 26.9. The van der Waals surface area contributed by atoms with E-state index in [0.29, 0.717) is 37.1 Å². The van der Waals surface area contributed by atoms with Crippen LogP contribution < -0.4 is 38.5 Å². The van der Waals surface area contributed by atoms with Gasteiger partial charge in [-0.15, -0.1) is 0 Å². The molecule has 3 fully saturated rings. The summed E-state index contributed by atoms with van der Waals surface area (Å²) in [5, 5.41) is 21.5. The quantitative estimate of drug-likeness (QED) is 0.0561. The van der Waals surface area contributed by atoms with E-state index in [4.69, 9.17) is 26.7 Å². The smallest absolute Gasteiger partial charge is 0.312 e. The van der Waals surface area contributed by atoms with E-state index in [9.17, 15) is 38.7 Å². The number of hydrogen-bond donors (Lipinski definition) is 8. The van der Waals surface area contributed by atoms with Gasteiger partial charge < -0.3 is 62.8 Å². The summed E-state index contributed by atoms with van der Waals surface area (Å²) in [7, 11) is 6.83. The van der Waals surface area contributed by atoms with Crippen LogP contribution in [0.15, 0.2) is 24.3 Å². The van der Waals surface area contributed by atoms with Crippen LogP contribution in [0.3, 0.4) is 0 Å². The molecule has 13 atom stereocenters. The van der Waals surface area contributed by atoms with E-state index in [0.717, 1.165) is 25.7 Å². The number of carbonyl (C=O) groups is 7. The Bertz CT molecular complexity index is 2030. The average molecular weight is 1010 g/mol. The predicted molar refractivity (Wildman–Crippen MR) is 275 cm³/mol. The molecule has 72 heavy (non-hydrogen) atoms. The number of piperidine rings is 1. The van der Waals surface area contributed by atoms with Crippen molar-refractivity contribution in [3.8, 4) is 0 Å². The summed E-state index contributed by atoms with van der Waals surface area (Å²) in [4.78, 5) is 99.2. The summed E-state index contributed by atoms with van der Waals surface area (Å²) in [5.74, 6) is -3.18. The Morgan fingerprint density at radius 3 is 2.21 bits per heavy atom. The summed E-state index contributed by atoms with van der Waals surface area (Å²) in [6, 6.07) is 2.44. The lowest BCUT2D eigenvalue weighted by atomic mass is 9.74. The molecule has 8 amide bonds. The highest BCUT2D eigenvalue weighted by Crippen LogP contribution is 2.55. The van der Waals surface area contributed by atoms with Crippen LogP contribution in [0, 0.1) is 35.5 Å². The Morgan fingerprint density at radius 1 is 0.944 bits per heavy atom. The molecule has 0 spiro atoms. The van der Waals surface area contributed by atoms with Gasteiger partial charge in [0.15, 0.2) is 0 Å². The molecule has 1 aromatic carbocycles. The number of methoxy groups -OCH3 is 2. The van der Waals surface area contributed by atoms with Crippen molar-refractivity contribution in [2.75, 3.05) is 53.3 Å². The van der Waals surface area contributed by atoms with Gasteiger partial charge >= 0.3 is 6.03 Å². The number of amides is 8. The summed E-state index contributed by atoms with van der Waals surface area (Å²) in [5.41, 5.74) is 17.7. The topological polar surface area (TPSA) is 294 Å². The SMILES string of the molecule is CC[C@H](C)[C@@H]([C@@H](CC(=O)N1CCC[C@H]1[C@H](OC)[C@@H](C)C(=O)N[C@H](CO)Cc1cccc(NC(=O)[C@H](CCCNC(N)=O)NC(=O)[C@@H](N)C(C)C)c1)OC)N(C)C(=O)[C@@H](C(C)C)C12CCC(C1)C(C(N)=O)N2C. The summed E-state index contributed by atoms with van der Waals surface area (Å²) >= 11 is 0. The number of aliphatic hydroxyl groups excluding tert-OH is 1. The highest BCUT2D eigenvalue weighted by atomic mass is 16.5. The number of likely N-dealkylation sites (N-methyl/N-ethyl adjacent to an activating group) is 2. The van der Waals surface area contributed by atoms with Gasteiger partial charge in [0.1, 0.15) is 6.04 Å². The van der Waals surface area contributed by atoms with E-state index in [1.54, 1.807) is 61.9 Å². The minimum absolute atomic E-state index is 0.00197. The highest BCUT2D eigenvalue weighted by Gasteiger charge is 2.62. The summed E-state index contributed by atoms with van der Waals surface area (Å²) in [6.45, 7) is 13.8. The Kier molecular flexibility index (Phi) is 22.3. The second-order valence-corrected chi connectivity index (χ2v) is 21.4. The predicted octanol–water partition coefficient (Wildman–Crippen LogP) is 2.09. The minimum Gasteiger partial charge on any atom is -0.394 e. The van der Waals surface area contributed by atoms with Gasteiger partial charge in [0, 0.05) is 45.6 Å². The third-order valence-corrected chi connectivity index (χ3v) is 16.1. The van der Waals surface area contributed by atoms with Crippen molar-refractivity contribution >= 4 is 47.2 Å². The standard InChI is InChI=1S/C52H88N10O10/c1-12-31(6)43(60(8)50(69)41(29(2)3)52-21-20-34(27-52)44(46(54)65)61(52)9)39(71-10)26-40(64)62-23-15-19-38(62)45(72-11)32(7)47(66)58-36(28-63)25-33-16-13-17-35(24-33)57-48(67)37(18-14-22-56-51(55)70)59-49(68)42(53)30(4)5/h13,16-17,24,29-32,34,36-39,41-45,63H,12,14-15,18-23,25-28,53H2,1-11H3,(H2,54,65)(H,57,67)(H,58,66)(H,59,68)(H3,55,56,70)/t31-,32+,34?,36-,37-,38-,39+,41+,42-,43-,44?,45+,52?/m0/s1. The van der Waals surface area contributed by atoms with Crippen LogP contribution in [0.4, 0.5) is 10.5 Å². The first-order chi connectivity index (χ1) is 34.0. The number of primary amides is 2. The van der Waals surface area contributed by atoms with Gasteiger partial charge in [0.05, 0.1) is 67.3 Å². The molecule has 20 heteroatoms. The van der Waals surface area contributed by atoms with E-state index < -0.39 is 83.7 Å². The van der Waals surface area contributed by atoms with Crippen LogP contribution in [0.5, 0.6) is 0 Å². The van der Waals surface area contributed by atoms with E-state index >= 15 is 0 Å². The van der Waals surface area contributed by atoms with Gasteiger partial charge in [0.2, 0.25) is 35.4 Å². The van der Waals surface area contributed by atoms with Gasteiger partial charge in [-0.25, -0.2) is 4.79 Å². The Morgan fingerprint density at radius 2 is 1.64 bits per heavy atom. The van der Waals surface area contributed by atoms with Crippen LogP contribution in [0.2, 0.25) is 0 Å². The number of urea groups is 1. The summed E-state index contributed by atoms with van der Waals surface area (Å²) < 4.78 is 12.2. The average Bonchev–Trinajstić information content (AvgIpc) is 4.06. The number of rotatable bonds is 28. The van der Waals surface area contributed by atoms with Crippen molar-refractivity contribution in [3.63, 3.8) is 0 Å². The molecule has 406 valence electrons. The van der Waals surface area contributed by atoms with Crippen molar-refractivity contribution in [2.24, 2.45) is 52.7 Å². The fourth-order valence-corrected chi connectivity index (χ4v) is 12.0. The van der Waals surface area contributed by atoms with E-state index in [1.807, 2.05) is 14.1 Å². The molecule has 0 radical (unpaired) electrons. The number of nitrogens with one attached hydrogen (secondary N) is 4. The molecule has 1 aliphatic carbocycles. The van der Waals surface area contributed by atoms with Gasteiger partial charge in [-0.1, -0.05) is 67.0 Å². The molecule has 20 nitrogen and oxygen atoms in total. The molecule has 4 rings (SSSR count). The van der Waals surface area contributed by atoms with Crippen molar-refractivity contribution < 1.29 is 48.1 Å². The van der Waals surface area contributed by atoms with Gasteiger partial charge in [-0.2, -0.15) is 0 Å². The zero-order chi connectivity index (χ0) is 53.8. The molecular formula is C52H88N10O10. The van der Waals surface area contributed by atoms with E-state index in [1.165, 1.54) is 7.11 Å². The first-order valence-corrected chi connectivity index (χ1v) is 26.0. The molecule has 2 heterocycles. The van der Waals surface area contributed by atoms with E-state index in [2.05, 4.69) is 53.9 Å². The largest absolute Gasteiger partial charge is 0.394 e. The molecule has 3 unspecified atom stereocenters. The number of carbonyl (C=O) groups excluding carboxylic acids is 7. The number of nitrogens with zero attached hydrogens (tertiary/aromatic N) is 3. The molecular weight excluding hydrogens is 925 g/mol. The van der Waals surface area contributed by atoms with Gasteiger partial charge in [-0.05, 0) is 99.8 Å². The van der Waals surface area contributed by atoms with Crippen LogP contribution in [-0.2, 0) is 44.7 Å². The minimum atomic E-state index is -0.963. The first-order valence-electron chi connectivity index (χ1n) is 26.0. The van der Waals surface area contributed by atoms with Crippen LogP contribution in [0.1, 0.15) is 112 Å². The molecule has 11 N–H and O–H groups in total. The highest BCUT2D eigenvalue weighted by molar-refractivity contribution is 5.98. The third-order valence-electron chi connectivity index (χ3n) is 16.1. The Balaban J connectivity index is 1.44. The number of fused-ring (bicyclic) bond motifs is 2. The zero-order valence-corrected chi connectivity index (χ0v) is 44.8. The monoisotopic (exact) mass is 1010 g/mol. The van der Waals surface area contributed by atoms with Crippen LogP contribution in [-0.4, -0.2) is 163 Å². The normalized spacial score (nSPS) is 23.6. The Labute approximate surface area is 427 Å². The number of anilines is 1. The third kappa shape index (κ3) is 14.2. The Hall–Kier alpha value is -4.89. The molecule has 1 saturated carbocycles. The number of benzene rings is 1. The molecule has 3 aliphatic rings. The van der Waals surface area contributed by atoms with Crippen molar-refractivity contribution in [3.05, 3.63) is 29.8 Å². The van der Waals surface area contributed by atoms with E-state index in [-0.39, 0.29) is 79.7 Å². The molecule has 2 aliphatic heterocycles. The molecule has 0 aromatic heterocycles. The van der Waals surface area contributed by atoms with Crippen LogP contribution in [0.25, 0.3) is 0 Å². The maximum atomic E-state index is 14.9. The number of ether oxygens (including phenoxy) is 2. The molecule has 1 aromatic rings. The first kappa shape index (κ1) is 59.7. The van der Waals surface area contributed by atoms with Gasteiger partial charge in [-0.3, -0.25) is 33.7 Å². The number of likely N-dealkylation sites (tertiary alicyclic amines) is 2. The second-order valence-electron chi connectivity index (χ2n) is 21.4. The number of hydrogen-bond acceptors (Lipinski definition) is 12. The lowest BCUT2D eigenvalue weighted by Crippen LogP contribution is -2.61. The lowest BCUT2D eigenvalue weighted by molar-refractivity contribution is -0.153. The van der Waals surface area contributed by atoms with Crippen molar-refractivity contribution in [1.29, 1.82) is 0 Å². The maximum Gasteiger partial charge on any atom is 0.312 e. The molecule has 2 bridgehead atoms. The summed E-state index contributed by atoms with van der Waals surface area (Å²) in [6.07, 6.45) is 3.83. The van der Waals surface area contributed by atoms with Crippen molar-refractivity contribution in [2.45, 2.75) is 167 Å². The maximum absolute atomic E-state index is 14.9. The fraction of sp³-hybridized carbons (Fsp3) is 0.750. The zero-order valence-electron chi connectivity index (χ0n) is 44.8. The fourth-order valence-electron chi connectivity index (χ4n) is 12.0. The molecule has 2 saturated heterocycles. The number of nitrogens with two attached hydrogens (primary N) is 3. The van der Waals surface area contributed by atoms with Crippen LogP contribution >= 0.6 is 0 Å². The lowest BCUT2D eigenvalue weighted by Gasteiger charge is -2.48. The van der Waals surface area contributed by atoms with Gasteiger partial charge in [0.25, 0.3) is 0 Å².